The van der Waals surface area contributed by atoms with Crippen molar-refractivity contribution >= 4 is 11.6 Å². The first-order valence-electron chi connectivity index (χ1n) is 5.05. The lowest BCUT2D eigenvalue weighted by Crippen LogP contribution is -2.37. The largest absolute Gasteiger partial charge is 0.394 e. The molecule has 0 radical (unpaired) electrons. The number of anilines is 1. The second-order valence-electron chi connectivity index (χ2n) is 3.64. The molecule has 5 heteroatoms. The molecule has 0 saturated heterocycles. The van der Waals surface area contributed by atoms with Crippen LogP contribution in [0.3, 0.4) is 0 Å². The number of amides is 1. The Morgan fingerprint density at radius 1 is 1.56 bits per heavy atom. The van der Waals surface area contributed by atoms with Gasteiger partial charge in [-0.2, -0.15) is 0 Å². The second kappa shape index (κ2) is 5.48. The number of hydrogen-bond acceptors (Lipinski definition) is 4. The number of hydrogen-bond donors (Lipinski definition) is 3. The molecule has 1 unspecified atom stereocenters. The van der Waals surface area contributed by atoms with Crippen molar-refractivity contribution in [3.05, 3.63) is 29.8 Å². The van der Waals surface area contributed by atoms with E-state index >= 15 is 0 Å². The predicted molar refractivity (Wildman–Crippen MR) is 62.9 cm³/mol. The maximum absolute atomic E-state index is 12.0. The van der Waals surface area contributed by atoms with Crippen LogP contribution in [0.2, 0.25) is 0 Å². The summed E-state index contributed by atoms with van der Waals surface area (Å²) in [6.07, 6.45) is 0. The molecule has 0 aliphatic heterocycles. The van der Waals surface area contributed by atoms with E-state index in [1.807, 2.05) is 0 Å². The van der Waals surface area contributed by atoms with E-state index in [-0.39, 0.29) is 18.6 Å². The molecule has 0 aliphatic carbocycles. The Labute approximate surface area is 94.8 Å². The average molecular weight is 223 g/mol. The van der Waals surface area contributed by atoms with Crippen LogP contribution < -0.4 is 11.3 Å². The van der Waals surface area contributed by atoms with Gasteiger partial charge in [-0.05, 0) is 19.1 Å². The Bertz CT molecular complexity index is 368. The van der Waals surface area contributed by atoms with Gasteiger partial charge in [-0.15, -0.1) is 0 Å². The molecule has 0 aromatic heterocycles. The maximum atomic E-state index is 12.0. The van der Waals surface area contributed by atoms with Crippen molar-refractivity contribution in [1.29, 1.82) is 0 Å². The highest BCUT2D eigenvalue weighted by atomic mass is 16.3. The standard InChI is InChI=1S/C11H17N3O2/c1-8(7-15)14(2)11(16)9-5-3-4-6-10(9)13-12/h3-6,8,13,15H,7,12H2,1-2H3. The van der Waals surface area contributed by atoms with E-state index < -0.39 is 0 Å². The lowest BCUT2D eigenvalue weighted by Gasteiger charge is -2.24. The molecule has 0 heterocycles. The van der Waals surface area contributed by atoms with Crippen molar-refractivity contribution in [3.63, 3.8) is 0 Å². The first-order chi connectivity index (χ1) is 7.61. The fourth-order valence-corrected chi connectivity index (χ4v) is 1.31. The van der Waals surface area contributed by atoms with Crippen LogP contribution in [0.5, 0.6) is 0 Å². The topological polar surface area (TPSA) is 78.6 Å². The Morgan fingerprint density at radius 2 is 2.19 bits per heavy atom. The van der Waals surface area contributed by atoms with Gasteiger partial charge in [0.05, 0.1) is 23.9 Å². The highest BCUT2D eigenvalue weighted by Crippen LogP contribution is 2.16. The van der Waals surface area contributed by atoms with Crippen LogP contribution in [0.15, 0.2) is 24.3 Å². The molecule has 88 valence electrons. The van der Waals surface area contributed by atoms with Gasteiger partial charge in [0.15, 0.2) is 0 Å². The molecule has 4 N–H and O–H groups in total. The molecular formula is C11H17N3O2. The number of carbonyl (C=O) groups is 1. The highest BCUT2D eigenvalue weighted by Gasteiger charge is 2.18. The number of nitrogens with one attached hydrogen (secondary N) is 1. The van der Waals surface area contributed by atoms with E-state index in [9.17, 15) is 4.79 Å². The van der Waals surface area contributed by atoms with Gasteiger partial charge >= 0.3 is 0 Å². The van der Waals surface area contributed by atoms with Crippen molar-refractivity contribution in [2.45, 2.75) is 13.0 Å². The molecule has 0 spiro atoms. The third-order valence-corrected chi connectivity index (χ3v) is 2.56. The molecule has 1 aromatic carbocycles. The third kappa shape index (κ3) is 2.50. The Morgan fingerprint density at radius 3 is 2.75 bits per heavy atom. The number of aliphatic hydroxyl groups excluding tert-OH is 1. The summed E-state index contributed by atoms with van der Waals surface area (Å²) in [5, 5.41) is 8.99. The van der Waals surface area contributed by atoms with Gasteiger partial charge in [0.25, 0.3) is 5.91 Å². The fourth-order valence-electron chi connectivity index (χ4n) is 1.31. The zero-order valence-electron chi connectivity index (χ0n) is 9.47. The molecule has 5 nitrogen and oxygen atoms in total. The van der Waals surface area contributed by atoms with Crippen LogP contribution in [0.4, 0.5) is 5.69 Å². The summed E-state index contributed by atoms with van der Waals surface area (Å²) in [7, 11) is 1.65. The second-order valence-corrected chi connectivity index (χ2v) is 3.64. The van der Waals surface area contributed by atoms with E-state index in [1.54, 1.807) is 38.2 Å². The highest BCUT2D eigenvalue weighted by molar-refractivity contribution is 5.99. The lowest BCUT2D eigenvalue weighted by atomic mass is 10.1. The summed E-state index contributed by atoms with van der Waals surface area (Å²) in [5.41, 5.74) is 3.55. The fraction of sp³-hybridized carbons (Fsp3) is 0.364. The summed E-state index contributed by atoms with van der Waals surface area (Å²) in [4.78, 5) is 13.5. The number of hydrazine groups is 1. The number of carbonyl (C=O) groups excluding carboxylic acids is 1. The van der Waals surface area contributed by atoms with E-state index in [0.29, 0.717) is 11.3 Å². The minimum absolute atomic E-state index is 0.0690. The van der Waals surface area contributed by atoms with Gasteiger partial charge < -0.3 is 15.4 Å². The van der Waals surface area contributed by atoms with Crippen LogP contribution in [-0.2, 0) is 0 Å². The van der Waals surface area contributed by atoms with Crippen LogP contribution >= 0.6 is 0 Å². The molecule has 1 atom stereocenters. The minimum atomic E-state index is -0.224. The Kier molecular flexibility index (Phi) is 4.28. The first kappa shape index (κ1) is 12.5. The summed E-state index contributed by atoms with van der Waals surface area (Å²) < 4.78 is 0. The van der Waals surface area contributed by atoms with E-state index in [0.717, 1.165) is 0 Å². The van der Waals surface area contributed by atoms with E-state index in [1.165, 1.54) is 4.90 Å². The monoisotopic (exact) mass is 223 g/mol. The lowest BCUT2D eigenvalue weighted by molar-refractivity contribution is 0.0683. The number of benzene rings is 1. The van der Waals surface area contributed by atoms with Crippen LogP contribution in [0, 0.1) is 0 Å². The average Bonchev–Trinajstić information content (AvgIpc) is 2.35. The summed E-state index contributed by atoms with van der Waals surface area (Å²) >= 11 is 0. The van der Waals surface area contributed by atoms with Gasteiger partial charge in [0.2, 0.25) is 0 Å². The molecule has 0 aliphatic rings. The quantitative estimate of drug-likeness (QED) is 0.511. The number of para-hydroxylation sites is 1. The molecule has 1 rings (SSSR count). The predicted octanol–water partition coefficient (Wildman–Crippen LogP) is 0.425. The normalized spacial score (nSPS) is 12.0. The van der Waals surface area contributed by atoms with Crippen LogP contribution in [0.25, 0.3) is 0 Å². The minimum Gasteiger partial charge on any atom is -0.394 e. The van der Waals surface area contributed by atoms with Crippen molar-refractivity contribution in [1.82, 2.24) is 4.90 Å². The zero-order chi connectivity index (χ0) is 12.1. The van der Waals surface area contributed by atoms with Gasteiger partial charge in [-0.1, -0.05) is 12.1 Å². The van der Waals surface area contributed by atoms with Crippen molar-refractivity contribution in [2.75, 3.05) is 19.1 Å². The SMILES string of the molecule is CC(CO)N(C)C(=O)c1ccccc1NN. The number of rotatable bonds is 4. The van der Waals surface area contributed by atoms with Crippen molar-refractivity contribution < 1.29 is 9.90 Å². The van der Waals surface area contributed by atoms with Crippen LogP contribution in [0.1, 0.15) is 17.3 Å². The van der Waals surface area contributed by atoms with Crippen LogP contribution in [-0.4, -0.2) is 35.6 Å². The van der Waals surface area contributed by atoms with Gasteiger partial charge in [-0.3, -0.25) is 10.6 Å². The molecule has 16 heavy (non-hydrogen) atoms. The third-order valence-electron chi connectivity index (χ3n) is 2.56. The maximum Gasteiger partial charge on any atom is 0.256 e. The smallest absolute Gasteiger partial charge is 0.256 e. The van der Waals surface area contributed by atoms with E-state index in [4.69, 9.17) is 10.9 Å². The number of nitrogen functional groups attached to an aromatic ring is 1. The molecule has 1 amide bonds. The number of nitrogens with zero attached hydrogens (tertiary/aromatic N) is 1. The van der Waals surface area contributed by atoms with Crippen molar-refractivity contribution in [3.8, 4) is 0 Å². The summed E-state index contributed by atoms with van der Waals surface area (Å²) in [6, 6.07) is 6.76. The molecule has 0 bridgehead atoms. The van der Waals surface area contributed by atoms with Crippen molar-refractivity contribution in [2.24, 2.45) is 5.84 Å². The number of aliphatic hydroxyl groups is 1. The molecule has 1 aromatic rings. The molecule has 0 saturated carbocycles. The molecule has 0 fully saturated rings. The van der Waals surface area contributed by atoms with Gasteiger partial charge in [-0.25, -0.2) is 0 Å². The number of nitrogens with two attached hydrogens (primary N) is 1. The summed E-state index contributed by atoms with van der Waals surface area (Å²) in [5.74, 6) is 5.16. The number of likely N-dealkylation sites (N-methyl/N-ethyl adjacent to an activating group) is 1. The molecular weight excluding hydrogens is 206 g/mol. The van der Waals surface area contributed by atoms with Gasteiger partial charge in [0.1, 0.15) is 0 Å². The van der Waals surface area contributed by atoms with Gasteiger partial charge in [0, 0.05) is 7.05 Å². The first-order valence-corrected chi connectivity index (χ1v) is 5.05. The summed E-state index contributed by atoms with van der Waals surface area (Å²) in [6.45, 7) is 1.71. The Balaban J connectivity index is 2.95. The Hall–Kier alpha value is -1.59. The zero-order valence-corrected chi connectivity index (χ0v) is 9.47. The van der Waals surface area contributed by atoms with E-state index in [2.05, 4.69) is 5.43 Å².